The molecule has 1 N–H and O–H groups in total. The van der Waals surface area contributed by atoms with Crippen molar-refractivity contribution in [3.05, 3.63) is 29.8 Å². The lowest BCUT2D eigenvalue weighted by Crippen LogP contribution is -2.25. The minimum absolute atomic E-state index is 0.00363. The van der Waals surface area contributed by atoms with Crippen molar-refractivity contribution in [1.29, 1.82) is 0 Å². The lowest BCUT2D eigenvalue weighted by Gasteiger charge is -2.15. The van der Waals surface area contributed by atoms with Gasteiger partial charge in [-0.15, -0.1) is 0 Å². The summed E-state index contributed by atoms with van der Waals surface area (Å²) in [5.41, 5.74) is 1.39. The van der Waals surface area contributed by atoms with Gasteiger partial charge in [0.25, 0.3) is 0 Å². The molecule has 110 valence electrons. The van der Waals surface area contributed by atoms with E-state index in [0.717, 1.165) is 25.2 Å². The van der Waals surface area contributed by atoms with Gasteiger partial charge in [0.1, 0.15) is 0 Å². The van der Waals surface area contributed by atoms with Crippen LogP contribution >= 0.6 is 0 Å². The maximum absolute atomic E-state index is 11.8. The van der Waals surface area contributed by atoms with E-state index >= 15 is 0 Å². The van der Waals surface area contributed by atoms with Crippen LogP contribution in [0.5, 0.6) is 0 Å². The van der Waals surface area contributed by atoms with Crippen molar-refractivity contribution in [3.8, 4) is 0 Å². The van der Waals surface area contributed by atoms with Gasteiger partial charge in [-0.1, -0.05) is 13.3 Å². The number of ketones is 1. The van der Waals surface area contributed by atoms with Gasteiger partial charge in [-0.3, -0.25) is 9.59 Å². The normalized spacial score (nSPS) is 10.6. The third-order valence-electron chi connectivity index (χ3n) is 3.19. The van der Waals surface area contributed by atoms with Crippen LogP contribution in [0, 0.1) is 0 Å². The summed E-state index contributed by atoms with van der Waals surface area (Å²) in [7, 11) is 2.03. The molecular weight excluding hydrogens is 252 g/mol. The Labute approximate surface area is 121 Å². The zero-order valence-electron chi connectivity index (χ0n) is 12.6. The summed E-state index contributed by atoms with van der Waals surface area (Å²) in [6.45, 7) is 5.47. The van der Waals surface area contributed by atoms with E-state index in [4.69, 9.17) is 0 Å². The van der Waals surface area contributed by atoms with Gasteiger partial charge in [-0.2, -0.15) is 0 Å². The summed E-state index contributed by atoms with van der Waals surface area (Å²) in [4.78, 5) is 25.1. The number of amides is 1. The molecular formula is C16H24N2O2. The monoisotopic (exact) mass is 276 g/mol. The third-order valence-corrected chi connectivity index (χ3v) is 3.19. The predicted molar refractivity (Wildman–Crippen MR) is 82.1 cm³/mol. The number of hydrogen-bond donors (Lipinski definition) is 1. The molecule has 4 heteroatoms. The van der Waals surface area contributed by atoms with E-state index in [1.165, 1.54) is 13.3 Å². The van der Waals surface area contributed by atoms with E-state index in [0.29, 0.717) is 12.0 Å². The Hall–Kier alpha value is -1.68. The minimum atomic E-state index is 0.00363. The van der Waals surface area contributed by atoms with E-state index < -0.39 is 0 Å². The first-order valence-electron chi connectivity index (χ1n) is 7.12. The van der Waals surface area contributed by atoms with Crippen molar-refractivity contribution in [2.45, 2.75) is 33.1 Å². The van der Waals surface area contributed by atoms with E-state index in [1.54, 1.807) is 24.3 Å². The number of nitrogens with one attached hydrogen (secondary N) is 1. The molecule has 0 saturated carbocycles. The van der Waals surface area contributed by atoms with Gasteiger partial charge in [0.15, 0.2) is 5.78 Å². The Bertz CT molecular complexity index is 440. The van der Waals surface area contributed by atoms with Gasteiger partial charge in [-0.25, -0.2) is 0 Å². The summed E-state index contributed by atoms with van der Waals surface area (Å²) in [5, 5.41) is 2.84. The van der Waals surface area contributed by atoms with Crippen LogP contribution in [0.2, 0.25) is 0 Å². The molecule has 0 spiro atoms. The summed E-state index contributed by atoms with van der Waals surface area (Å²) < 4.78 is 0. The maximum Gasteiger partial charge on any atom is 0.225 e. The van der Waals surface area contributed by atoms with Crippen molar-refractivity contribution in [2.75, 3.05) is 25.5 Å². The molecule has 1 rings (SSSR count). The molecule has 0 aliphatic rings. The molecule has 0 bridgehead atoms. The minimum Gasteiger partial charge on any atom is -0.326 e. The molecule has 4 nitrogen and oxygen atoms in total. The Kier molecular flexibility index (Phi) is 6.94. The third kappa shape index (κ3) is 5.97. The Morgan fingerprint density at radius 2 is 1.80 bits per heavy atom. The summed E-state index contributed by atoms with van der Waals surface area (Å²) in [6, 6.07) is 6.97. The fourth-order valence-electron chi connectivity index (χ4n) is 1.84. The number of Topliss-reactive ketones (excluding diaryl/α,β-unsaturated/α-hetero) is 1. The molecule has 0 aliphatic heterocycles. The first-order valence-corrected chi connectivity index (χ1v) is 7.12. The van der Waals surface area contributed by atoms with Crippen molar-refractivity contribution in [2.24, 2.45) is 0 Å². The zero-order chi connectivity index (χ0) is 15.0. The fraction of sp³-hybridized carbons (Fsp3) is 0.500. The molecule has 0 aliphatic carbocycles. The van der Waals surface area contributed by atoms with Gasteiger partial charge >= 0.3 is 0 Å². The highest BCUT2D eigenvalue weighted by molar-refractivity contribution is 5.95. The highest BCUT2D eigenvalue weighted by Gasteiger charge is 2.05. The number of nitrogens with zero attached hydrogens (tertiary/aromatic N) is 1. The number of unbranched alkanes of at least 4 members (excludes halogenated alkanes) is 1. The van der Waals surface area contributed by atoms with Crippen LogP contribution in [0.15, 0.2) is 24.3 Å². The molecule has 0 saturated heterocycles. The molecule has 20 heavy (non-hydrogen) atoms. The van der Waals surface area contributed by atoms with Gasteiger partial charge < -0.3 is 10.2 Å². The lowest BCUT2D eigenvalue weighted by molar-refractivity contribution is -0.116. The molecule has 1 aromatic carbocycles. The molecule has 0 aromatic heterocycles. The smallest absolute Gasteiger partial charge is 0.225 e. The van der Waals surface area contributed by atoms with E-state index in [-0.39, 0.29) is 11.7 Å². The molecule has 0 heterocycles. The molecule has 0 radical (unpaired) electrons. The van der Waals surface area contributed by atoms with E-state index in [1.807, 2.05) is 7.05 Å². The standard InChI is InChI=1S/C16H24N2O2/c1-4-5-11-18(3)12-10-16(20)17-15-8-6-14(7-9-15)13(2)19/h6-9H,4-5,10-12H2,1-3H3,(H,17,20). The summed E-state index contributed by atoms with van der Waals surface area (Å²) in [5.74, 6) is 0.0318. The lowest BCUT2D eigenvalue weighted by atomic mass is 10.1. The van der Waals surface area contributed by atoms with Crippen molar-refractivity contribution in [3.63, 3.8) is 0 Å². The number of carbonyl (C=O) groups is 2. The van der Waals surface area contributed by atoms with Crippen LogP contribution in [0.4, 0.5) is 5.69 Å². The molecule has 1 amide bonds. The van der Waals surface area contributed by atoms with Crippen molar-refractivity contribution >= 4 is 17.4 Å². The number of carbonyl (C=O) groups excluding carboxylic acids is 2. The van der Waals surface area contributed by atoms with Gasteiger partial charge in [0.05, 0.1) is 0 Å². The van der Waals surface area contributed by atoms with Crippen molar-refractivity contribution < 1.29 is 9.59 Å². The largest absolute Gasteiger partial charge is 0.326 e. The van der Waals surface area contributed by atoms with Crippen LogP contribution < -0.4 is 5.32 Å². The van der Waals surface area contributed by atoms with Crippen LogP contribution in [0.25, 0.3) is 0 Å². The summed E-state index contributed by atoms with van der Waals surface area (Å²) >= 11 is 0. The second-order valence-corrected chi connectivity index (χ2v) is 5.09. The predicted octanol–water partition coefficient (Wildman–Crippen LogP) is 2.95. The van der Waals surface area contributed by atoms with Crippen LogP contribution in [0.1, 0.15) is 43.5 Å². The van der Waals surface area contributed by atoms with E-state index in [9.17, 15) is 9.59 Å². The number of rotatable bonds is 8. The van der Waals surface area contributed by atoms with Crippen LogP contribution in [-0.2, 0) is 4.79 Å². The highest BCUT2D eigenvalue weighted by Crippen LogP contribution is 2.10. The topological polar surface area (TPSA) is 49.4 Å². The second kappa shape index (κ2) is 8.48. The SMILES string of the molecule is CCCCN(C)CCC(=O)Nc1ccc(C(C)=O)cc1. The maximum atomic E-state index is 11.8. The Morgan fingerprint density at radius 1 is 1.15 bits per heavy atom. The first-order chi connectivity index (χ1) is 9.52. The Morgan fingerprint density at radius 3 is 2.35 bits per heavy atom. The average molecular weight is 276 g/mol. The summed E-state index contributed by atoms with van der Waals surface area (Å²) in [6.07, 6.45) is 2.80. The fourth-order valence-corrected chi connectivity index (χ4v) is 1.84. The van der Waals surface area contributed by atoms with Gasteiger partial charge in [-0.05, 0) is 51.2 Å². The number of hydrogen-bond acceptors (Lipinski definition) is 3. The Balaban J connectivity index is 2.36. The quantitative estimate of drug-likeness (QED) is 0.743. The van der Waals surface area contributed by atoms with Crippen molar-refractivity contribution in [1.82, 2.24) is 4.90 Å². The van der Waals surface area contributed by atoms with Crippen LogP contribution in [0.3, 0.4) is 0 Å². The highest BCUT2D eigenvalue weighted by atomic mass is 16.1. The molecule has 0 fully saturated rings. The zero-order valence-corrected chi connectivity index (χ0v) is 12.6. The number of anilines is 1. The van der Waals surface area contributed by atoms with Gasteiger partial charge in [0.2, 0.25) is 5.91 Å². The van der Waals surface area contributed by atoms with Gasteiger partial charge in [0, 0.05) is 24.2 Å². The molecule has 0 atom stereocenters. The average Bonchev–Trinajstić information content (AvgIpc) is 2.43. The first kappa shape index (κ1) is 16.4. The number of benzene rings is 1. The van der Waals surface area contributed by atoms with E-state index in [2.05, 4.69) is 17.1 Å². The molecule has 0 unspecified atom stereocenters. The molecule has 1 aromatic rings. The second-order valence-electron chi connectivity index (χ2n) is 5.09. The van der Waals surface area contributed by atoms with Crippen LogP contribution in [-0.4, -0.2) is 36.7 Å².